The molecule has 1 aliphatic heterocycles. The van der Waals surface area contributed by atoms with E-state index in [1.807, 2.05) is 19.3 Å². The maximum absolute atomic E-state index is 5.95. The third kappa shape index (κ3) is 4.49. The molecule has 0 radical (unpaired) electrons. The minimum Gasteiger partial charge on any atom is -0.376 e. The second kappa shape index (κ2) is 10.4. The SMILES string of the molecule is CO[C@@H]1[C@@H](OC)[C@H](C)O[C@@H](ON=Cc2ccc3c(ccc4c3ncn4-c3ccc(C)cc3)c2)[C@@H]1OC. The lowest BCUT2D eigenvalue weighted by Crippen LogP contribution is -2.59. The Hall–Kier alpha value is -3.30. The predicted molar refractivity (Wildman–Crippen MR) is 139 cm³/mol. The van der Waals surface area contributed by atoms with Crippen molar-refractivity contribution in [3.05, 3.63) is 72.1 Å². The number of aromatic nitrogens is 2. The Kier molecular flexibility index (Phi) is 7.02. The smallest absolute Gasteiger partial charge is 0.256 e. The first-order valence-electron chi connectivity index (χ1n) is 11.9. The van der Waals surface area contributed by atoms with Crippen molar-refractivity contribution in [2.75, 3.05) is 21.3 Å². The van der Waals surface area contributed by atoms with Gasteiger partial charge in [0.25, 0.3) is 6.29 Å². The predicted octanol–water partition coefficient (Wildman–Crippen LogP) is 4.63. The molecule has 0 N–H and O–H groups in total. The average Bonchev–Trinajstić information content (AvgIpc) is 3.33. The van der Waals surface area contributed by atoms with Crippen LogP contribution in [0.5, 0.6) is 0 Å². The Bertz CT molecular complexity index is 1370. The first-order valence-corrected chi connectivity index (χ1v) is 11.9. The normalized spacial score (nSPS) is 24.6. The highest BCUT2D eigenvalue weighted by molar-refractivity contribution is 6.06. The number of imidazole rings is 1. The summed E-state index contributed by atoms with van der Waals surface area (Å²) in [5.41, 5.74) is 5.23. The molecule has 1 fully saturated rings. The number of benzene rings is 3. The largest absolute Gasteiger partial charge is 0.376 e. The molecule has 36 heavy (non-hydrogen) atoms. The molecule has 0 aliphatic carbocycles. The Balaban J connectivity index is 1.36. The lowest BCUT2D eigenvalue weighted by atomic mass is 9.99. The van der Waals surface area contributed by atoms with Crippen LogP contribution in [-0.4, -0.2) is 67.8 Å². The standard InChI is InChI=1S/C28H31N3O5/c1-17-6-10-21(11-7-17)31-16-29-24-22-12-8-19(14-20(22)9-13-23(24)31)15-30-36-28-27(34-5)26(33-4)25(32-3)18(2)35-28/h6-16,18,25-28H,1-5H3/t18-,25-,26+,27+,28-/m0/s1. The zero-order chi connectivity index (χ0) is 25.2. The van der Waals surface area contributed by atoms with Crippen molar-refractivity contribution >= 4 is 28.0 Å². The summed E-state index contributed by atoms with van der Waals surface area (Å²) in [6.07, 6.45) is 1.48. The number of fused-ring (bicyclic) bond motifs is 3. The third-order valence-corrected chi connectivity index (χ3v) is 6.78. The van der Waals surface area contributed by atoms with Gasteiger partial charge in [0.05, 0.1) is 23.4 Å². The molecule has 0 amide bonds. The van der Waals surface area contributed by atoms with Crippen LogP contribution in [0.15, 0.2) is 66.1 Å². The van der Waals surface area contributed by atoms with E-state index in [2.05, 4.69) is 65.2 Å². The van der Waals surface area contributed by atoms with E-state index in [1.165, 1.54) is 5.56 Å². The summed E-state index contributed by atoms with van der Waals surface area (Å²) in [7, 11) is 4.84. The Morgan fingerprint density at radius 2 is 1.67 bits per heavy atom. The molecule has 1 saturated heterocycles. The van der Waals surface area contributed by atoms with Crippen LogP contribution in [0.1, 0.15) is 18.1 Å². The molecule has 8 heteroatoms. The van der Waals surface area contributed by atoms with Crippen molar-refractivity contribution in [2.24, 2.45) is 5.16 Å². The number of nitrogens with zero attached hydrogens (tertiary/aromatic N) is 3. The van der Waals surface area contributed by atoms with Gasteiger partial charge < -0.3 is 23.8 Å². The van der Waals surface area contributed by atoms with E-state index >= 15 is 0 Å². The van der Waals surface area contributed by atoms with Crippen molar-refractivity contribution in [1.82, 2.24) is 9.55 Å². The van der Waals surface area contributed by atoms with Gasteiger partial charge >= 0.3 is 0 Å². The summed E-state index contributed by atoms with van der Waals surface area (Å²) in [6, 6.07) is 18.7. The first kappa shape index (κ1) is 24.4. The fourth-order valence-corrected chi connectivity index (χ4v) is 4.87. The first-order chi connectivity index (χ1) is 17.5. The van der Waals surface area contributed by atoms with Crippen LogP contribution in [0.2, 0.25) is 0 Å². The van der Waals surface area contributed by atoms with Gasteiger partial charge in [-0.05, 0) is 49.1 Å². The quantitative estimate of drug-likeness (QED) is 0.278. The van der Waals surface area contributed by atoms with Crippen LogP contribution in [0, 0.1) is 6.92 Å². The van der Waals surface area contributed by atoms with Crippen LogP contribution >= 0.6 is 0 Å². The summed E-state index contributed by atoms with van der Waals surface area (Å²) < 4.78 is 24.8. The Morgan fingerprint density at radius 1 is 0.917 bits per heavy atom. The van der Waals surface area contributed by atoms with Gasteiger partial charge in [-0.1, -0.05) is 41.1 Å². The molecule has 8 nitrogen and oxygen atoms in total. The highest BCUT2D eigenvalue weighted by Gasteiger charge is 2.46. The summed E-state index contributed by atoms with van der Waals surface area (Å²) in [4.78, 5) is 10.4. The molecule has 0 saturated carbocycles. The Morgan fingerprint density at radius 3 is 2.39 bits per heavy atom. The van der Waals surface area contributed by atoms with Crippen molar-refractivity contribution < 1.29 is 23.8 Å². The van der Waals surface area contributed by atoms with Crippen LogP contribution in [0.25, 0.3) is 27.5 Å². The minimum absolute atomic E-state index is 0.241. The van der Waals surface area contributed by atoms with Crippen molar-refractivity contribution in [2.45, 2.75) is 44.6 Å². The van der Waals surface area contributed by atoms with Gasteiger partial charge in [0.2, 0.25) is 0 Å². The van der Waals surface area contributed by atoms with E-state index in [-0.39, 0.29) is 18.3 Å². The van der Waals surface area contributed by atoms with Gasteiger partial charge in [-0.3, -0.25) is 4.57 Å². The fraction of sp³-hybridized carbons (Fsp3) is 0.357. The zero-order valence-corrected chi connectivity index (χ0v) is 21.1. The summed E-state index contributed by atoms with van der Waals surface area (Å²) in [6.45, 7) is 4.00. The molecule has 3 aromatic carbocycles. The van der Waals surface area contributed by atoms with Crippen molar-refractivity contribution in [1.29, 1.82) is 0 Å². The molecular weight excluding hydrogens is 458 g/mol. The van der Waals surface area contributed by atoms with E-state index in [0.717, 1.165) is 33.1 Å². The second-order valence-electron chi connectivity index (χ2n) is 9.01. The van der Waals surface area contributed by atoms with Crippen molar-refractivity contribution in [3.8, 4) is 5.69 Å². The number of hydrogen-bond acceptors (Lipinski definition) is 7. The average molecular weight is 490 g/mol. The molecule has 0 bridgehead atoms. The molecule has 2 heterocycles. The Labute approximate surface area is 210 Å². The lowest BCUT2D eigenvalue weighted by Gasteiger charge is -2.42. The number of hydrogen-bond donors (Lipinski definition) is 0. The number of methoxy groups -OCH3 is 3. The minimum atomic E-state index is -0.719. The molecule has 5 atom stereocenters. The van der Waals surface area contributed by atoms with E-state index in [0.29, 0.717) is 0 Å². The molecule has 5 rings (SSSR count). The van der Waals surface area contributed by atoms with Gasteiger partial charge in [-0.2, -0.15) is 0 Å². The lowest BCUT2D eigenvalue weighted by molar-refractivity contribution is -0.305. The van der Waals surface area contributed by atoms with E-state index in [1.54, 1.807) is 27.5 Å². The summed E-state index contributed by atoms with van der Waals surface area (Å²) >= 11 is 0. The highest BCUT2D eigenvalue weighted by Crippen LogP contribution is 2.29. The number of aryl methyl sites for hydroxylation is 1. The van der Waals surface area contributed by atoms with Crippen molar-refractivity contribution in [3.63, 3.8) is 0 Å². The molecule has 1 aliphatic rings. The maximum Gasteiger partial charge on any atom is 0.256 e. The van der Waals surface area contributed by atoms with Crippen LogP contribution in [-0.2, 0) is 23.8 Å². The molecule has 188 valence electrons. The molecule has 0 unspecified atom stereocenters. The van der Waals surface area contributed by atoms with Gasteiger partial charge in [-0.15, -0.1) is 0 Å². The molecular formula is C28H31N3O5. The van der Waals surface area contributed by atoms with E-state index in [9.17, 15) is 0 Å². The molecule has 4 aromatic rings. The maximum atomic E-state index is 5.95. The van der Waals surface area contributed by atoms with Crippen LogP contribution < -0.4 is 0 Å². The zero-order valence-electron chi connectivity index (χ0n) is 21.1. The summed E-state index contributed by atoms with van der Waals surface area (Å²) in [5, 5.41) is 6.34. The van der Waals surface area contributed by atoms with E-state index in [4.69, 9.17) is 28.8 Å². The number of rotatable bonds is 7. The molecule has 0 spiro atoms. The number of ether oxygens (including phenoxy) is 4. The van der Waals surface area contributed by atoms with Crippen LogP contribution in [0.4, 0.5) is 0 Å². The van der Waals surface area contributed by atoms with Crippen LogP contribution in [0.3, 0.4) is 0 Å². The van der Waals surface area contributed by atoms with Gasteiger partial charge in [-0.25, -0.2) is 4.98 Å². The summed E-state index contributed by atoms with van der Waals surface area (Å²) in [5.74, 6) is 0. The topological polar surface area (TPSA) is 76.3 Å². The third-order valence-electron chi connectivity index (χ3n) is 6.78. The second-order valence-corrected chi connectivity index (χ2v) is 9.01. The van der Waals surface area contributed by atoms with E-state index < -0.39 is 12.4 Å². The highest BCUT2D eigenvalue weighted by atomic mass is 16.8. The molecule has 1 aromatic heterocycles. The monoisotopic (exact) mass is 489 g/mol. The van der Waals surface area contributed by atoms with Gasteiger partial charge in [0.1, 0.15) is 18.5 Å². The van der Waals surface area contributed by atoms with Gasteiger partial charge in [0, 0.05) is 32.4 Å². The fourth-order valence-electron chi connectivity index (χ4n) is 4.87. The number of oxime groups is 1. The van der Waals surface area contributed by atoms with Gasteiger partial charge in [0.15, 0.2) is 6.10 Å².